The van der Waals surface area contributed by atoms with Crippen LogP contribution in [0.5, 0.6) is 23.0 Å². The number of para-hydroxylation sites is 2. The lowest BCUT2D eigenvalue weighted by Gasteiger charge is -2.11. The SMILES string of the molecule is COc1ccccc1OCC(=O)N/N=C\c1ccc(OC(=O)c2ccccc2)c(OC(=O)c2ccccc2)c1. The molecule has 1 N–H and O–H groups in total. The van der Waals surface area contributed by atoms with Crippen molar-refractivity contribution in [3.05, 3.63) is 120 Å². The van der Waals surface area contributed by atoms with Gasteiger partial charge in [0, 0.05) is 0 Å². The van der Waals surface area contributed by atoms with Crippen molar-refractivity contribution in [1.29, 1.82) is 0 Å². The van der Waals surface area contributed by atoms with Crippen LogP contribution in [0.4, 0.5) is 0 Å². The molecule has 196 valence electrons. The van der Waals surface area contributed by atoms with Gasteiger partial charge in [0.25, 0.3) is 5.91 Å². The largest absolute Gasteiger partial charge is 0.493 e. The molecule has 9 heteroatoms. The van der Waals surface area contributed by atoms with E-state index in [4.69, 9.17) is 18.9 Å². The van der Waals surface area contributed by atoms with Crippen LogP contribution in [-0.4, -0.2) is 37.8 Å². The first-order chi connectivity index (χ1) is 19.0. The van der Waals surface area contributed by atoms with Gasteiger partial charge in [-0.05, 0) is 60.2 Å². The normalized spacial score (nSPS) is 10.5. The highest BCUT2D eigenvalue weighted by Gasteiger charge is 2.17. The molecule has 0 fully saturated rings. The Bertz CT molecular complexity index is 1470. The predicted molar refractivity (Wildman–Crippen MR) is 143 cm³/mol. The molecule has 0 saturated heterocycles. The summed E-state index contributed by atoms with van der Waals surface area (Å²) < 4.78 is 21.7. The molecule has 0 aliphatic carbocycles. The van der Waals surface area contributed by atoms with Crippen molar-refractivity contribution in [2.75, 3.05) is 13.7 Å². The molecule has 0 aromatic heterocycles. The van der Waals surface area contributed by atoms with Crippen molar-refractivity contribution in [3.8, 4) is 23.0 Å². The molecule has 9 nitrogen and oxygen atoms in total. The third kappa shape index (κ3) is 7.53. The van der Waals surface area contributed by atoms with Crippen LogP contribution in [0, 0.1) is 0 Å². The van der Waals surface area contributed by atoms with E-state index in [1.807, 2.05) is 0 Å². The van der Waals surface area contributed by atoms with Gasteiger partial charge < -0.3 is 18.9 Å². The molecule has 39 heavy (non-hydrogen) atoms. The van der Waals surface area contributed by atoms with Crippen LogP contribution in [0.25, 0.3) is 0 Å². The Morgan fingerprint density at radius 1 is 0.692 bits per heavy atom. The van der Waals surface area contributed by atoms with Gasteiger partial charge in [0.1, 0.15) is 0 Å². The van der Waals surface area contributed by atoms with Gasteiger partial charge in [0.05, 0.1) is 24.5 Å². The van der Waals surface area contributed by atoms with E-state index in [0.29, 0.717) is 28.2 Å². The number of hydrogen-bond acceptors (Lipinski definition) is 8. The molecule has 0 heterocycles. The fraction of sp³-hybridized carbons (Fsp3) is 0.0667. The number of ether oxygens (including phenoxy) is 4. The quantitative estimate of drug-likeness (QED) is 0.139. The number of amides is 1. The number of carbonyl (C=O) groups is 3. The summed E-state index contributed by atoms with van der Waals surface area (Å²) in [6, 6.07) is 28.3. The summed E-state index contributed by atoms with van der Waals surface area (Å²) in [5.74, 6) is -0.785. The minimum Gasteiger partial charge on any atom is -0.493 e. The van der Waals surface area contributed by atoms with E-state index >= 15 is 0 Å². The number of hydrazone groups is 1. The Morgan fingerprint density at radius 2 is 1.26 bits per heavy atom. The van der Waals surface area contributed by atoms with Gasteiger partial charge in [0.15, 0.2) is 29.6 Å². The van der Waals surface area contributed by atoms with Crippen LogP contribution in [0.2, 0.25) is 0 Å². The van der Waals surface area contributed by atoms with Gasteiger partial charge in [-0.1, -0.05) is 48.5 Å². The van der Waals surface area contributed by atoms with Crippen LogP contribution in [-0.2, 0) is 4.79 Å². The van der Waals surface area contributed by atoms with E-state index in [0.717, 1.165) is 0 Å². The number of carbonyl (C=O) groups excluding carboxylic acids is 3. The topological polar surface area (TPSA) is 113 Å². The van der Waals surface area contributed by atoms with Gasteiger partial charge in [-0.3, -0.25) is 4.79 Å². The van der Waals surface area contributed by atoms with Crippen molar-refractivity contribution in [2.45, 2.75) is 0 Å². The molecular weight excluding hydrogens is 500 g/mol. The minimum atomic E-state index is -0.636. The molecule has 0 radical (unpaired) electrons. The van der Waals surface area contributed by atoms with E-state index in [9.17, 15) is 14.4 Å². The molecular formula is C30H24N2O7. The zero-order valence-corrected chi connectivity index (χ0v) is 20.9. The predicted octanol–water partition coefficient (Wildman–Crippen LogP) is 4.66. The number of hydrogen-bond donors (Lipinski definition) is 1. The third-order valence-corrected chi connectivity index (χ3v) is 5.22. The summed E-state index contributed by atoms with van der Waals surface area (Å²) >= 11 is 0. The summed E-state index contributed by atoms with van der Waals surface area (Å²) in [7, 11) is 1.51. The van der Waals surface area contributed by atoms with Crippen LogP contribution in [0.3, 0.4) is 0 Å². The number of benzene rings is 4. The maximum atomic E-state index is 12.7. The lowest BCUT2D eigenvalue weighted by atomic mass is 10.2. The molecule has 4 aromatic rings. The molecule has 0 aliphatic rings. The first-order valence-electron chi connectivity index (χ1n) is 11.8. The highest BCUT2D eigenvalue weighted by molar-refractivity contribution is 5.94. The standard InChI is InChI=1S/C30H24N2O7/c1-36-24-14-8-9-15-25(24)37-20-28(33)32-31-19-21-16-17-26(38-29(34)22-10-4-2-5-11-22)27(18-21)39-30(35)23-12-6-3-7-13-23/h2-19H,20H2,1H3,(H,32,33)/b31-19-. The van der Waals surface area contributed by atoms with E-state index in [1.54, 1.807) is 91.0 Å². The van der Waals surface area contributed by atoms with Gasteiger partial charge in [-0.25, -0.2) is 15.0 Å². The first-order valence-corrected chi connectivity index (χ1v) is 11.8. The Hall–Kier alpha value is -5.44. The summed E-state index contributed by atoms with van der Waals surface area (Å²) in [5, 5.41) is 3.93. The average Bonchev–Trinajstić information content (AvgIpc) is 2.98. The van der Waals surface area contributed by atoms with E-state index in [-0.39, 0.29) is 18.1 Å². The third-order valence-electron chi connectivity index (χ3n) is 5.22. The lowest BCUT2D eigenvalue weighted by Crippen LogP contribution is -2.24. The molecule has 0 atom stereocenters. The smallest absolute Gasteiger partial charge is 0.343 e. The Kier molecular flexibility index (Phi) is 9.01. The number of esters is 2. The molecule has 0 bridgehead atoms. The molecule has 4 aromatic carbocycles. The second-order valence-corrected chi connectivity index (χ2v) is 7.95. The highest BCUT2D eigenvalue weighted by Crippen LogP contribution is 2.30. The highest BCUT2D eigenvalue weighted by atomic mass is 16.6. The van der Waals surface area contributed by atoms with Crippen LogP contribution in [0.15, 0.2) is 108 Å². The Balaban J connectivity index is 1.46. The van der Waals surface area contributed by atoms with E-state index in [1.165, 1.54) is 25.5 Å². The first kappa shape index (κ1) is 26.6. The molecule has 4 rings (SSSR count). The van der Waals surface area contributed by atoms with Crippen molar-refractivity contribution in [3.63, 3.8) is 0 Å². The monoisotopic (exact) mass is 524 g/mol. The summed E-state index contributed by atoms with van der Waals surface area (Å²) in [5.41, 5.74) is 3.49. The maximum Gasteiger partial charge on any atom is 0.343 e. The average molecular weight is 525 g/mol. The van der Waals surface area contributed by atoms with Crippen molar-refractivity contribution >= 4 is 24.1 Å². The zero-order valence-electron chi connectivity index (χ0n) is 20.9. The van der Waals surface area contributed by atoms with Crippen molar-refractivity contribution in [2.24, 2.45) is 5.10 Å². The fourth-order valence-electron chi connectivity index (χ4n) is 3.33. The van der Waals surface area contributed by atoms with Crippen LogP contribution < -0.4 is 24.4 Å². The maximum absolute atomic E-state index is 12.7. The second kappa shape index (κ2) is 13.2. The second-order valence-electron chi connectivity index (χ2n) is 7.95. The summed E-state index contributed by atoms with van der Waals surface area (Å²) in [6.07, 6.45) is 1.35. The summed E-state index contributed by atoms with van der Waals surface area (Å²) in [6.45, 7) is -0.286. The van der Waals surface area contributed by atoms with Crippen LogP contribution >= 0.6 is 0 Å². The Labute approximate surface area is 224 Å². The van der Waals surface area contributed by atoms with Gasteiger partial charge >= 0.3 is 11.9 Å². The minimum absolute atomic E-state index is 0.00270. The van der Waals surface area contributed by atoms with Crippen LogP contribution in [0.1, 0.15) is 26.3 Å². The molecule has 0 unspecified atom stereocenters. The van der Waals surface area contributed by atoms with Gasteiger partial charge in [-0.2, -0.15) is 5.10 Å². The zero-order chi connectivity index (χ0) is 27.5. The summed E-state index contributed by atoms with van der Waals surface area (Å²) in [4.78, 5) is 37.5. The van der Waals surface area contributed by atoms with E-state index < -0.39 is 17.8 Å². The molecule has 0 saturated carbocycles. The Morgan fingerprint density at radius 3 is 1.87 bits per heavy atom. The molecule has 0 spiro atoms. The number of nitrogens with zero attached hydrogens (tertiary/aromatic N) is 1. The lowest BCUT2D eigenvalue weighted by molar-refractivity contribution is -0.123. The number of rotatable bonds is 10. The van der Waals surface area contributed by atoms with Crippen molar-refractivity contribution in [1.82, 2.24) is 5.43 Å². The van der Waals surface area contributed by atoms with E-state index in [2.05, 4.69) is 10.5 Å². The van der Waals surface area contributed by atoms with Gasteiger partial charge in [0.2, 0.25) is 0 Å². The van der Waals surface area contributed by atoms with Crippen molar-refractivity contribution < 1.29 is 33.3 Å². The number of nitrogens with one attached hydrogen (secondary N) is 1. The van der Waals surface area contributed by atoms with Gasteiger partial charge in [-0.15, -0.1) is 0 Å². The number of methoxy groups -OCH3 is 1. The molecule has 1 amide bonds. The molecule has 0 aliphatic heterocycles. The fourth-order valence-corrected chi connectivity index (χ4v) is 3.33.